The third-order valence-corrected chi connectivity index (χ3v) is 4.52. The van der Waals surface area contributed by atoms with Crippen molar-refractivity contribution in [3.63, 3.8) is 0 Å². The van der Waals surface area contributed by atoms with Gasteiger partial charge in [0.25, 0.3) is 5.91 Å². The van der Waals surface area contributed by atoms with Gasteiger partial charge in [-0.25, -0.2) is 0 Å². The molecule has 3 N–H and O–H groups in total. The van der Waals surface area contributed by atoms with Crippen LogP contribution in [-0.2, 0) is 16.1 Å². The van der Waals surface area contributed by atoms with Crippen LogP contribution < -0.4 is 10.6 Å². The molecule has 1 fully saturated rings. The molecule has 1 saturated heterocycles. The van der Waals surface area contributed by atoms with Gasteiger partial charge in [-0.05, 0) is 24.8 Å². The molecule has 144 valence electrons. The van der Waals surface area contributed by atoms with Gasteiger partial charge in [-0.3, -0.25) is 14.5 Å². The summed E-state index contributed by atoms with van der Waals surface area (Å²) >= 11 is 0. The van der Waals surface area contributed by atoms with Gasteiger partial charge in [-0.1, -0.05) is 30.3 Å². The van der Waals surface area contributed by atoms with Gasteiger partial charge in [0.2, 0.25) is 0 Å². The van der Waals surface area contributed by atoms with Crippen molar-refractivity contribution in [2.24, 2.45) is 0 Å². The topological polar surface area (TPSA) is 105 Å². The summed E-state index contributed by atoms with van der Waals surface area (Å²) in [4.78, 5) is 24.8. The van der Waals surface area contributed by atoms with Gasteiger partial charge in [-0.2, -0.15) is 5.26 Å². The highest BCUT2D eigenvalue weighted by Crippen LogP contribution is 2.14. The van der Waals surface area contributed by atoms with Crippen LogP contribution in [0.25, 0.3) is 0 Å². The molecule has 1 aliphatic heterocycles. The number of nitrogens with zero attached hydrogens (tertiary/aromatic N) is 2. The lowest BCUT2D eigenvalue weighted by atomic mass is 10.0. The second-order valence-electron chi connectivity index (χ2n) is 6.63. The van der Waals surface area contributed by atoms with Crippen molar-refractivity contribution in [2.45, 2.75) is 38.3 Å². The van der Waals surface area contributed by atoms with Crippen molar-refractivity contribution in [3.05, 3.63) is 47.7 Å². The number of aliphatic carboxylic acids is 1. The van der Waals surface area contributed by atoms with Gasteiger partial charge in [-0.15, -0.1) is 0 Å². The fourth-order valence-corrected chi connectivity index (χ4v) is 2.99. The van der Waals surface area contributed by atoms with Crippen molar-refractivity contribution < 1.29 is 14.7 Å². The first-order valence-corrected chi connectivity index (χ1v) is 9.21. The van der Waals surface area contributed by atoms with E-state index >= 15 is 0 Å². The number of rotatable bonds is 9. The van der Waals surface area contributed by atoms with Crippen LogP contribution in [0, 0.1) is 11.3 Å². The molecule has 0 aliphatic carbocycles. The molecule has 27 heavy (non-hydrogen) atoms. The lowest BCUT2D eigenvalue weighted by Crippen LogP contribution is -2.40. The SMILES string of the molecule is N#C/C(=C/NC1CCN(Cc2ccccc2)CC1)C(=O)NCCCC(=O)O. The number of amides is 1. The molecule has 1 aromatic rings. The molecule has 1 amide bonds. The fourth-order valence-electron chi connectivity index (χ4n) is 2.99. The molecule has 0 spiro atoms. The number of hydrogen-bond donors (Lipinski definition) is 3. The normalized spacial score (nSPS) is 15.7. The second kappa shape index (κ2) is 11.0. The summed E-state index contributed by atoms with van der Waals surface area (Å²) in [7, 11) is 0. The van der Waals surface area contributed by atoms with E-state index in [-0.39, 0.29) is 24.6 Å². The molecule has 2 rings (SSSR count). The van der Waals surface area contributed by atoms with E-state index in [9.17, 15) is 9.59 Å². The smallest absolute Gasteiger partial charge is 0.303 e. The Kier molecular flexibility index (Phi) is 8.33. The van der Waals surface area contributed by atoms with E-state index in [0.29, 0.717) is 6.42 Å². The average molecular weight is 370 g/mol. The zero-order valence-corrected chi connectivity index (χ0v) is 15.4. The lowest BCUT2D eigenvalue weighted by molar-refractivity contribution is -0.137. The summed E-state index contributed by atoms with van der Waals surface area (Å²) < 4.78 is 0. The number of carbonyl (C=O) groups excluding carboxylic acids is 1. The number of hydrogen-bond acceptors (Lipinski definition) is 5. The Morgan fingerprint density at radius 1 is 1.26 bits per heavy atom. The molecule has 0 saturated carbocycles. The van der Waals surface area contributed by atoms with E-state index in [1.165, 1.54) is 11.8 Å². The predicted octanol–water partition coefficient (Wildman–Crippen LogP) is 1.63. The maximum Gasteiger partial charge on any atom is 0.303 e. The third-order valence-electron chi connectivity index (χ3n) is 4.52. The third kappa shape index (κ3) is 7.50. The Bertz CT molecular complexity index is 689. The number of piperidine rings is 1. The molecule has 7 nitrogen and oxygen atoms in total. The maximum absolute atomic E-state index is 11.9. The van der Waals surface area contributed by atoms with Gasteiger partial charge in [0, 0.05) is 44.8 Å². The molecule has 7 heteroatoms. The zero-order chi connectivity index (χ0) is 19.5. The Morgan fingerprint density at radius 2 is 1.96 bits per heavy atom. The summed E-state index contributed by atoms with van der Waals surface area (Å²) in [5.74, 6) is -1.38. The van der Waals surface area contributed by atoms with Crippen molar-refractivity contribution in [1.29, 1.82) is 5.26 Å². The molecule has 0 aromatic heterocycles. The van der Waals surface area contributed by atoms with E-state index in [0.717, 1.165) is 32.5 Å². The molecule has 1 aromatic carbocycles. The number of carbonyl (C=O) groups is 2. The first-order valence-electron chi connectivity index (χ1n) is 9.21. The molecule has 1 aliphatic rings. The number of nitrogens with one attached hydrogen (secondary N) is 2. The van der Waals surface area contributed by atoms with E-state index in [1.54, 1.807) is 0 Å². The molecular weight excluding hydrogens is 344 g/mol. The first-order chi connectivity index (χ1) is 13.1. The van der Waals surface area contributed by atoms with Crippen LogP contribution in [-0.4, -0.2) is 47.6 Å². The summed E-state index contributed by atoms with van der Waals surface area (Å²) in [5.41, 5.74) is 1.31. The fraction of sp³-hybridized carbons (Fsp3) is 0.450. The van der Waals surface area contributed by atoms with Gasteiger partial charge in [0.05, 0.1) is 0 Å². The van der Waals surface area contributed by atoms with Crippen LogP contribution in [0.5, 0.6) is 0 Å². The predicted molar refractivity (Wildman–Crippen MR) is 101 cm³/mol. The molecule has 1 heterocycles. The maximum atomic E-state index is 11.9. The molecule has 0 atom stereocenters. The zero-order valence-electron chi connectivity index (χ0n) is 15.4. The van der Waals surface area contributed by atoms with Gasteiger partial charge in [0.1, 0.15) is 11.6 Å². The van der Waals surface area contributed by atoms with Crippen LogP contribution >= 0.6 is 0 Å². The van der Waals surface area contributed by atoms with Crippen LogP contribution in [0.2, 0.25) is 0 Å². The highest BCUT2D eigenvalue weighted by molar-refractivity contribution is 5.97. The van der Waals surface area contributed by atoms with E-state index in [1.807, 2.05) is 24.3 Å². The standard InChI is InChI=1S/C20H26N4O3/c21-13-17(20(27)22-10-4-7-19(25)26)14-23-18-8-11-24(12-9-18)15-16-5-2-1-3-6-16/h1-3,5-6,14,18,23H,4,7-12,15H2,(H,22,27)(H,25,26)/b17-14-. The minimum Gasteiger partial charge on any atom is -0.481 e. The first kappa shape index (κ1) is 20.5. The van der Waals surface area contributed by atoms with Gasteiger partial charge in [0.15, 0.2) is 0 Å². The minimum absolute atomic E-state index is 0.00825. The molecule has 0 unspecified atom stereocenters. The molecular formula is C20H26N4O3. The largest absolute Gasteiger partial charge is 0.481 e. The van der Waals surface area contributed by atoms with Crippen molar-refractivity contribution in [2.75, 3.05) is 19.6 Å². The highest BCUT2D eigenvalue weighted by Gasteiger charge is 2.19. The number of carboxylic acid groups (broad SMARTS) is 1. The average Bonchev–Trinajstić information content (AvgIpc) is 2.67. The minimum atomic E-state index is -0.902. The van der Waals surface area contributed by atoms with Gasteiger partial charge < -0.3 is 15.7 Å². The van der Waals surface area contributed by atoms with Crippen molar-refractivity contribution >= 4 is 11.9 Å². The highest BCUT2D eigenvalue weighted by atomic mass is 16.4. The van der Waals surface area contributed by atoms with Gasteiger partial charge >= 0.3 is 5.97 Å². The summed E-state index contributed by atoms with van der Waals surface area (Å²) in [6.07, 6.45) is 3.70. The lowest BCUT2D eigenvalue weighted by Gasteiger charge is -2.32. The van der Waals surface area contributed by atoms with Crippen molar-refractivity contribution in [3.8, 4) is 6.07 Å². The summed E-state index contributed by atoms with van der Waals surface area (Å²) in [5, 5.41) is 23.5. The number of nitriles is 1. The number of benzene rings is 1. The summed E-state index contributed by atoms with van der Waals surface area (Å²) in [6.45, 7) is 3.10. The molecule has 0 radical (unpaired) electrons. The van der Waals surface area contributed by atoms with Crippen LogP contribution in [0.1, 0.15) is 31.2 Å². The van der Waals surface area contributed by atoms with Crippen LogP contribution in [0.15, 0.2) is 42.1 Å². The number of likely N-dealkylation sites (tertiary alicyclic amines) is 1. The van der Waals surface area contributed by atoms with E-state index < -0.39 is 11.9 Å². The van der Waals surface area contributed by atoms with E-state index in [4.69, 9.17) is 10.4 Å². The Hall–Kier alpha value is -2.85. The monoisotopic (exact) mass is 370 g/mol. The van der Waals surface area contributed by atoms with Crippen molar-refractivity contribution in [1.82, 2.24) is 15.5 Å². The Morgan fingerprint density at radius 3 is 2.59 bits per heavy atom. The van der Waals surface area contributed by atoms with Crippen LogP contribution in [0.3, 0.4) is 0 Å². The summed E-state index contributed by atoms with van der Waals surface area (Å²) in [6, 6.07) is 12.5. The quantitative estimate of drug-likeness (QED) is 0.347. The molecule has 0 bridgehead atoms. The number of carboxylic acids is 1. The van der Waals surface area contributed by atoms with E-state index in [2.05, 4.69) is 27.7 Å². The Balaban J connectivity index is 1.72. The van der Waals surface area contributed by atoms with Crippen LogP contribution in [0.4, 0.5) is 0 Å². The Labute approximate surface area is 159 Å². The second-order valence-corrected chi connectivity index (χ2v) is 6.63.